The first kappa shape index (κ1) is 41.1. The average Bonchev–Trinajstić information content (AvgIpc) is 3.92. The average molecular weight is 735 g/mol. The minimum Gasteiger partial charge on any atom is -0.335 e. The molecule has 0 fully saturated rings. The van der Waals surface area contributed by atoms with Crippen molar-refractivity contribution in [1.29, 1.82) is 0 Å². The van der Waals surface area contributed by atoms with Gasteiger partial charge in [-0.2, -0.15) is 25.7 Å². The van der Waals surface area contributed by atoms with Gasteiger partial charge in [-0.1, -0.05) is 0 Å². The second-order valence-electron chi connectivity index (χ2n) is 7.10. The van der Waals surface area contributed by atoms with Gasteiger partial charge in [-0.15, -0.1) is 0 Å². The molecule has 6 aromatic heterocycles. The number of nitrogens with two attached hydrogens (primary N) is 9. The molecule has 37 heteroatoms. The molecule has 0 unspecified atom stereocenters. The maximum absolute atomic E-state index is 4.75. The van der Waals surface area contributed by atoms with Crippen LogP contribution in [-0.2, 0) is 36.0 Å². The first-order valence-electron chi connectivity index (χ1n) is 11.8. The number of aromatic nitrogens is 24. The normalized spacial score (nSPS) is 8.82. The van der Waals surface area contributed by atoms with Crippen LogP contribution in [0.3, 0.4) is 0 Å². The zero-order chi connectivity index (χ0) is 35.4. The maximum atomic E-state index is 4.75. The van der Waals surface area contributed by atoms with Crippen molar-refractivity contribution in [2.45, 2.75) is 19.3 Å². The first-order valence-corrected chi connectivity index (χ1v) is 11.8. The standard InChI is InChI=1S/3C3H2N8.3CH6N4.Co/c3*1(2-4-8-9-5-2)3-6-10-11-7-3;3*2-1(3)5-4;/h3*1H2;3*4H2,(H4,2,3,5);/q3*-2;;;;+3/p+3. The van der Waals surface area contributed by atoms with Crippen molar-refractivity contribution in [3.05, 3.63) is 34.9 Å². The van der Waals surface area contributed by atoms with E-state index in [1.165, 1.54) is 0 Å². The van der Waals surface area contributed by atoms with Gasteiger partial charge in [-0.3, -0.25) is 135 Å². The summed E-state index contributed by atoms with van der Waals surface area (Å²) in [4.78, 5) is 0. The van der Waals surface area contributed by atoms with Crippen LogP contribution in [0.5, 0.6) is 0 Å². The van der Waals surface area contributed by atoms with Gasteiger partial charge in [0.05, 0.1) is 0 Å². The fourth-order valence-electron chi connectivity index (χ4n) is 1.83. The van der Waals surface area contributed by atoms with E-state index < -0.39 is 0 Å². The molecule has 6 aromatic rings. The molecule has 0 aliphatic carbocycles. The number of hydrogen-bond acceptors (Lipinski definition) is 21. The van der Waals surface area contributed by atoms with Gasteiger partial charge < -0.3 is 30.6 Å². The summed E-state index contributed by atoms with van der Waals surface area (Å²) in [7, 11) is 0. The van der Waals surface area contributed by atoms with E-state index in [0.717, 1.165) is 0 Å². The molecular formula is C12H27CoN36. The molecule has 36 nitrogen and oxygen atoms in total. The Balaban J connectivity index is 0.000000586. The molecule has 0 radical (unpaired) electrons. The molecule has 0 saturated heterocycles. The minimum absolute atomic E-state index is 0. The number of tetrazole rings is 6. The van der Waals surface area contributed by atoms with E-state index in [1.807, 2.05) is 15.3 Å². The molecule has 0 amide bonds. The summed E-state index contributed by atoms with van der Waals surface area (Å²) >= 11 is 0. The predicted molar refractivity (Wildman–Crippen MR) is 143 cm³/mol. The molecule has 49 heavy (non-hydrogen) atoms. The third-order valence-electron chi connectivity index (χ3n) is 3.61. The summed E-state index contributed by atoms with van der Waals surface area (Å²) in [5.74, 6) is 16.8. The number of rotatable bonds is 6. The van der Waals surface area contributed by atoms with E-state index >= 15 is 0 Å². The van der Waals surface area contributed by atoms with Gasteiger partial charge in [0.1, 0.15) is 0 Å². The van der Waals surface area contributed by atoms with Gasteiger partial charge in [0, 0.05) is 54.2 Å². The van der Waals surface area contributed by atoms with Gasteiger partial charge in [-0.25, -0.2) is 0 Å². The third-order valence-corrected chi connectivity index (χ3v) is 3.61. The van der Waals surface area contributed by atoms with Crippen LogP contribution in [0.1, 0.15) is 34.9 Å². The zero-order valence-corrected chi connectivity index (χ0v) is 25.4. The van der Waals surface area contributed by atoms with Crippen LogP contribution in [0.15, 0.2) is 0 Å². The number of hydrogen-bond donors (Lipinski definition) is 12. The zero-order valence-electron chi connectivity index (χ0n) is 24.4. The Morgan fingerprint density at radius 3 is 0.878 bits per heavy atom. The molecule has 0 aromatic carbocycles. The molecular weight excluding hydrogens is 707 g/mol. The predicted octanol–water partition coefficient (Wildman–Crippen LogP) is -18.7. The molecule has 0 bridgehead atoms. The van der Waals surface area contributed by atoms with Gasteiger partial charge in [0.15, 0.2) is 0 Å². The van der Waals surface area contributed by atoms with Crippen molar-refractivity contribution >= 4 is 17.9 Å². The summed E-state index contributed by atoms with van der Waals surface area (Å²) < 4.78 is 0. The summed E-state index contributed by atoms with van der Waals surface area (Å²) in [6.07, 6.45) is 1.12. The topological polar surface area (TPSA) is 593 Å². The number of hydrazone groups is 3. The number of nitrogens with zero attached hydrogens (tertiary/aromatic N) is 24. The fourth-order valence-corrected chi connectivity index (χ4v) is 1.83. The van der Waals surface area contributed by atoms with E-state index in [2.05, 4.69) is 141 Å². The van der Waals surface area contributed by atoms with Crippen LogP contribution in [0, 0.1) is 0 Å². The third kappa shape index (κ3) is 21.5. The molecule has 6 rings (SSSR count). The van der Waals surface area contributed by atoms with E-state index in [-0.39, 0.29) is 34.7 Å². The first-order chi connectivity index (χ1) is 23.2. The van der Waals surface area contributed by atoms with Crippen LogP contribution in [-0.4, -0.2) is 111 Å². The van der Waals surface area contributed by atoms with Crippen LogP contribution in [0.4, 0.5) is 0 Å². The Labute approximate surface area is 280 Å². The van der Waals surface area contributed by atoms with Crippen molar-refractivity contribution in [3.63, 3.8) is 0 Å². The maximum Gasteiger partial charge on any atom is 3.00 e. The molecule has 0 aliphatic heterocycles. The molecule has 0 saturated carbocycles. The molecule has 0 atom stereocenters. The summed E-state index contributed by atoms with van der Waals surface area (Å²) in [6.45, 7) is 0. The Morgan fingerprint density at radius 2 is 0.694 bits per heavy atom. The van der Waals surface area contributed by atoms with Crippen LogP contribution in [0.25, 0.3) is 0 Å². The van der Waals surface area contributed by atoms with Gasteiger partial charge in [-0.05, 0) is 0 Å². The Kier molecular flexibility index (Phi) is 21.4. The van der Waals surface area contributed by atoms with E-state index in [0.29, 0.717) is 54.2 Å². The summed E-state index contributed by atoms with van der Waals surface area (Å²) in [5, 5.41) is 88.5. The van der Waals surface area contributed by atoms with E-state index in [1.54, 1.807) is 0 Å². The van der Waals surface area contributed by atoms with Crippen molar-refractivity contribution in [3.8, 4) is 0 Å². The van der Waals surface area contributed by atoms with Gasteiger partial charge in [0.2, 0.25) is 0 Å². The molecule has 21 N–H and O–H groups in total. The van der Waals surface area contributed by atoms with E-state index in [4.69, 9.17) is 34.4 Å². The Hall–Kier alpha value is -7.86. The van der Waals surface area contributed by atoms with Gasteiger partial charge >= 0.3 is 34.7 Å². The second-order valence-corrected chi connectivity index (χ2v) is 7.10. The van der Waals surface area contributed by atoms with Crippen molar-refractivity contribution in [1.82, 2.24) is 124 Å². The van der Waals surface area contributed by atoms with Crippen molar-refractivity contribution in [2.24, 2.45) is 51.9 Å². The summed E-state index contributed by atoms with van der Waals surface area (Å²) in [5.41, 5.74) is 28.5. The quantitative estimate of drug-likeness (QED) is 0.0327. The molecule has 264 valence electrons. The largest absolute Gasteiger partial charge is 3.00 e. The monoisotopic (exact) mass is 734 g/mol. The van der Waals surface area contributed by atoms with E-state index in [9.17, 15) is 0 Å². The second kappa shape index (κ2) is 25.5. The smallest absolute Gasteiger partial charge is 0.335 e. The van der Waals surface area contributed by atoms with Crippen LogP contribution >= 0.6 is 0 Å². The number of guanidine groups is 3. The molecule has 0 aliphatic rings. The fraction of sp³-hybridized carbons (Fsp3) is 0.250. The van der Waals surface area contributed by atoms with Gasteiger partial charge in [0.25, 0.3) is 0 Å². The Morgan fingerprint density at radius 1 is 0.429 bits per heavy atom. The van der Waals surface area contributed by atoms with Crippen LogP contribution in [0.2, 0.25) is 0 Å². The number of nitrogens with one attached hydrogen (secondary N) is 3. The summed E-state index contributed by atoms with van der Waals surface area (Å²) in [6, 6.07) is 0. The number of hydrazine groups is 3. The van der Waals surface area contributed by atoms with Crippen LogP contribution < -0.4 is 98.3 Å². The minimum atomic E-state index is 0. The SMILES string of the molecule is C(c1nn[n-]n1)c1nn[n-]n1.C(c1nn[n-]n1)c1nnn[n-]1.C(c1nn[n-]n1)c1nnn[n-]1.N[NH+]=C(N)N.N[NH+]=C(N)N.N[NH+]=C(N)N.[Co+3]. The van der Waals surface area contributed by atoms with Crippen molar-refractivity contribution < 1.29 is 32.1 Å². The Bertz CT molecular complexity index is 1290. The van der Waals surface area contributed by atoms with Crippen molar-refractivity contribution in [2.75, 3.05) is 0 Å². The molecule has 0 spiro atoms. The molecule has 6 heterocycles.